The summed E-state index contributed by atoms with van der Waals surface area (Å²) in [4.78, 5) is 13.3. The van der Waals surface area contributed by atoms with E-state index in [0.29, 0.717) is 18.8 Å². The quantitative estimate of drug-likeness (QED) is 0.769. The molecule has 21 heavy (non-hydrogen) atoms. The average Bonchev–Trinajstić information content (AvgIpc) is 2.70. The molecule has 0 fully saturated rings. The fraction of sp³-hybridized carbons (Fsp3) is 0.333. The highest BCUT2D eigenvalue weighted by Gasteiger charge is 2.14. The Morgan fingerprint density at radius 3 is 2.62 bits per heavy atom. The zero-order valence-electron chi connectivity index (χ0n) is 12.4. The van der Waals surface area contributed by atoms with Gasteiger partial charge in [-0.25, -0.2) is 0 Å². The topological polar surface area (TPSA) is 90.2 Å². The van der Waals surface area contributed by atoms with Crippen LogP contribution in [0.2, 0.25) is 0 Å². The van der Waals surface area contributed by atoms with E-state index in [1.54, 1.807) is 0 Å². The minimum Gasteiger partial charge on any atom is -0.398 e. The van der Waals surface area contributed by atoms with Gasteiger partial charge in [0, 0.05) is 25.8 Å². The molecule has 6 nitrogen and oxygen atoms in total. The second-order valence-electron chi connectivity index (χ2n) is 5.21. The van der Waals surface area contributed by atoms with Gasteiger partial charge in [-0.05, 0) is 24.6 Å². The lowest BCUT2D eigenvalue weighted by atomic mass is 10.1. The Hall–Kier alpha value is -2.34. The molecule has 6 heteroatoms. The molecule has 2 rings (SSSR count). The van der Waals surface area contributed by atoms with E-state index in [9.17, 15) is 4.79 Å². The molecule has 0 aliphatic heterocycles. The van der Waals surface area contributed by atoms with Crippen LogP contribution in [0.5, 0.6) is 0 Å². The summed E-state index contributed by atoms with van der Waals surface area (Å²) in [6.07, 6.45) is 0. The normalized spacial score (nSPS) is 11.0. The number of primary amides is 1. The Morgan fingerprint density at radius 2 is 2.05 bits per heavy atom. The fourth-order valence-electron chi connectivity index (χ4n) is 2.35. The lowest BCUT2D eigenvalue weighted by Gasteiger charge is -2.21. The van der Waals surface area contributed by atoms with Crippen LogP contribution in [-0.2, 0) is 24.9 Å². The first-order valence-electron chi connectivity index (χ1n) is 6.79. The maximum absolute atomic E-state index is 11.3. The summed E-state index contributed by atoms with van der Waals surface area (Å²) in [6, 6.07) is 9.64. The highest BCUT2D eigenvalue weighted by Crippen LogP contribution is 2.15. The zero-order valence-corrected chi connectivity index (χ0v) is 12.4. The maximum atomic E-state index is 11.3. The van der Waals surface area contributed by atoms with Crippen LogP contribution in [0.25, 0.3) is 0 Å². The molecule has 0 aliphatic rings. The largest absolute Gasteiger partial charge is 0.398 e. The number of nitrogens with zero attached hydrogens (tertiary/aromatic N) is 3. The summed E-state index contributed by atoms with van der Waals surface area (Å²) in [5, 5.41) is 4.32. The van der Waals surface area contributed by atoms with Gasteiger partial charge < -0.3 is 11.5 Å². The number of amides is 1. The van der Waals surface area contributed by atoms with Crippen LogP contribution in [0.3, 0.4) is 0 Å². The molecule has 0 spiro atoms. The van der Waals surface area contributed by atoms with E-state index in [1.807, 2.05) is 53.9 Å². The van der Waals surface area contributed by atoms with E-state index in [4.69, 9.17) is 11.5 Å². The number of carbonyl (C=O) groups excluding carboxylic acids is 1. The van der Waals surface area contributed by atoms with Crippen LogP contribution < -0.4 is 11.5 Å². The van der Waals surface area contributed by atoms with Crippen molar-refractivity contribution in [1.29, 1.82) is 0 Å². The van der Waals surface area contributed by atoms with Gasteiger partial charge >= 0.3 is 0 Å². The highest BCUT2D eigenvalue weighted by atomic mass is 16.1. The molecule has 0 bridgehead atoms. The number of anilines is 1. The molecule has 1 amide bonds. The van der Waals surface area contributed by atoms with Crippen LogP contribution in [0, 0.1) is 6.92 Å². The second-order valence-corrected chi connectivity index (χ2v) is 5.21. The van der Waals surface area contributed by atoms with E-state index < -0.39 is 0 Å². The van der Waals surface area contributed by atoms with Gasteiger partial charge in [-0.3, -0.25) is 14.4 Å². The van der Waals surface area contributed by atoms with E-state index >= 15 is 0 Å². The van der Waals surface area contributed by atoms with Crippen molar-refractivity contribution >= 4 is 11.6 Å². The third kappa shape index (κ3) is 4.06. The standard InChI is InChI=1S/C15H21N5O/c1-11-7-13(19(2)18-11)9-20(10-15(17)21)8-12-5-3-4-6-14(12)16/h3-7H,8-10,16H2,1-2H3,(H2,17,21). The SMILES string of the molecule is Cc1cc(CN(CC(N)=O)Cc2ccccc2N)n(C)n1. The second kappa shape index (κ2) is 6.41. The molecule has 0 radical (unpaired) electrons. The third-order valence-electron chi connectivity index (χ3n) is 3.31. The molecular formula is C15H21N5O. The molecule has 0 saturated heterocycles. The van der Waals surface area contributed by atoms with E-state index in [0.717, 1.165) is 17.0 Å². The highest BCUT2D eigenvalue weighted by molar-refractivity contribution is 5.75. The van der Waals surface area contributed by atoms with Crippen molar-refractivity contribution in [1.82, 2.24) is 14.7 Å². The Bertz CT molecular complexity index is 635. The number of carbonyl (C=O) groups is 1. The number of para-hydroxylation sites is 1. The van der Waals surface area contributed by atoms with Crippen LogP contribution in [-0.4, -0.2) is 27.1 Å². The number of benzene rings is 1. The maximum Gasteiger partial charge on any atom is 0.231 e. The average molecular weight is 287 g/mol. The van der Waals surface area contributed by atoms with E-state index in [2.05, 4.69) is 5.10 Å². The van der Waals surface area contributed by atoms with Gasteiger partial charge in [0.1, 0.15) is 0 Å². The van der Waals surface area contributed by atoms with Crippen LogP contribution in [0.4, 0.5) is 5.69 Å². The third-order valence-corrected chi connectivity index (χ3v) is 3.31. The molecule has 0 unspecified atom stereocenters. The summed E-state index contributed by atoms with van der Waals surface area (Å²) in [5.74, 6) is -0.358. The van der Waals surface area contributed by atoms with Gasteiger partial charge in [-0.2, -0.15) is 5.10 Å². The van der Waals surface area contributed by atoms with Gasteiger partial charge in [-0.15, -0.1) is 0 Å². The van der Waals surface area contributed by atoms with Crippen molar-refractivity contribution in [2.75, 3.05) is 12.3 Å². The molecular weight excluding hydrogens is 266 g/mol. The van der Waals surface area contributed by atoms with Crippen LogP contribution in [0.1, 0.15) is 17.0 Å². The molecule has 0 aliphatic carbocycles. The minimum atomic E-state index is -0.358. The molecule has 2 aromatic rings. The number of nitrogens with two attached hydrogens (primary N) is 2. The summed E-state index contributed by atoms with van der Waals surface area (Å²) < 4.78 is 1.82. The lowest BCUT2D eigenvalue weighted by Crippen LogP contribution is -2.33. The summed E-state index contributed by atoms with van der Waals surface area (Å²) in [5.41, 5.74) is 15.0. The van der Waals surface area contributed by atoms with Gasteiger partial charge in [0.25, 0.3) is 0 Å². The van der Waals surface area contributed by atoms with Crippen molar-refractivity contribution in [2.45, 2.75) is 20.0 Å². The summed E-state index contributed by atoms with van der Waals surface area (Å²) in [7, 11) is 1.89. The molecule has 1 aromatic heterocycles. The Balaban J connectivity index is 2.16. The number of hydrogen-bond acceptors (Lipinski definition) is 4. The number of nitrogen functional groups attached to an aromatic ring is 1. The molecule has 0 atom stereocenters. The molecule has 0 saturated carbocycles. The van der Waals surface area contributed by atoms with Crippen LogP contribution >= 0.6 is 0 Å². The Morgan fingerprint density at radius 1 is 1.33 bits per heavy atom. The zero-order chi connectivity index (χ0) is 15.4. The smallest absolute Gasteiger partial charge is 0.231 e. The first-order valence-corrected chi connectivity index (χ1v) is 6.79. The van der Waals surface area contributed by atoms with Crippen molar-refractivity contribution in [3.63, 3.8) is 0 Å². The van der Waals surface area contributed by atoms with Crippen molar-refractivity contribution in [3.05, 3.63) is 47.3 Å². The minimum absolute atomic E-state index is 0.179. The number of rotatable bonds is 6. The monoisotopic (exact) mass is 287 g/mol. The number of aromatic nitrogens is 2. The predicted octanol–water partition coefficient (Wildman–Crippen LogP) is 0.798. The predicted molar refractivity (Wildman–Crippen MR) is 82.1 cm³/mol. The van der Waals surface area contributed by atoms with Gasteiger partial charge in [-0.1, -0.05) is 18.2 Å². The first kappa shape index (κ1) is 15.1. The Kier molecular flexibility index (Phi) is 4.59. The first-order chi connectivity index (χ1) is 9.95. The number of hydrogen-bond donors (Lipinski definition) is 2. The summed E-state index contributed by atoms with van der Waals surface area (Å²) >= 11 is 0. The molecule has 4 N–H and O–H groups in total. The van der Waals surface area contributed by atoms with Crippen molar-refractivity contribution < 1.29 is 4.79 Å². The molecule has 112 valence electrons. The van der Waals surface area contributed by atoms with Crippen LogP contribution in [0.15, 0.2) is 30.3 Å². The molecule has 1 heterocycles. The van der Waals surface area contributed by atoms with E-state index in [-0.39, 0.29) is 12.5 Å². The van der Waals surface area contributed by atoms with E-state index in [1.165, 1.54) is 0 Å². The van der Waals surface area contributed by atoms with Gasteiger partial charge in [0.15, 0.2) is 0 Å². The van der Waals surface area contributed by atoms with Gasteiger partial charge in [0.2, 0.25) is 5.91 Å². The fourth-order valence-corrected chi connectivity index (χ4v) is 2.35. The Labute approximate surface area is 124 Å². The van der Waals surface area contributed by atoms with Crippen molar-refractivity contribution in [3.8, 4) is 0 Å². The molecule has 1 aromatic carbocycles. The lowest BCUT2D eigenvalue weighted by molar-refractivity contribution is -0.119. The summed E-state index contributed by atoms with van der Waals surface area (Å²) in [6.45, 7) is 3.28. The van der Waals surface area contributed by atoms with Gasteiger partial charge in [0.05, 0.1) is 17.9 Å². The van der Waals surface area contributed by atoms with Crippen molar-refractivity contribution in [2.24, 2.45) is 12.8 Å². The number of aryl methyl sites for hydroxylation is 2.